The van der Waals surface area contributed by atoms with E-state index in [0.717, 1.165) is 36.1 Å². The van der Waals surface area contributed by atoms with E-state index in [-0.39, 0.29) is 29.0 Å². The molecule has 35 heavy (non-hydrogen) atoms. The van der Waals surface area contributed by atoms with Crippen molar-refractivity contribution in [2.45, 2.75) is 37.0 Å². The molecule has 1 aliphatic heterocycles. The molecule has 0 aliphatic carbocycles. The first-order valence-electron chi connectivity index (χ1n) is 11.3. The molecule has 3 aromatic rings. The van der Waals surface area contributed by atoms with Gasteiger partial charge in [0.15, 0.2) is 0 Å². The third-order valence-electron chi connectivity index (χ3n) is 5.95. The number of hydrogen-bond donors (Lipinski definition) is 3. The molecule has 0 fully saturated rings. The highest BCUT2D eigenvalue weighted by atomic mass is 35.5. The lowest BCUT2D eigenvalue weighted by Crippen LogP contribution is -2.32. The number of fused-ring (bicyclic) bond motifs is 1. The molecule has 7 nitrogen and oxygen atoms in total. The van der Waals surface area contributed by atoms with Gasteiger partial charge in [0.25, 0.3) is 10.0 Å². The average molecular weight is 513 g/mol. The number of amidine groups is 1. The number of nitrogens with one attached hydrogen (secondary N) is 2. The second kappa shape index (κ2) is 11.4. The second-order valence-electron chi connectivity index (χ2n) is 8.38. The van der Waals surface area contributed by atoms with Crippen LogP contribution in [0, 0.1) is 5.41 Å². The summed E-state index contributed by atoms with van der Waals surface area (Å²) in [5.74, 6) is 0.0608. The monoisotopic (exact) mass is 512 g/mol. The first-order chi connectivity index (χ1) is 16.3. The van der Waals surface area contributed by atoms with Gasteiger partial charge in [-0.2, -0.15) is 0 Å². The van der Waals surface area contributed by atoms with E-state index in [9.17, 15) is 13.2 Å². The van der Waals surface area contributed by atoms with Crippen molar-refractivity contribution in [1.82, 2.24) is 0 Å². The van der Waals surface area contributed by atoms with Crippen LogP contribution in [0.25, 0.3) is 0 Å². The molecule has 0 aromatic heterocycles. The zero-order valence-electron chi connectivity index (χ0n) is 19.2. The molecule has 1 aliphatic rings. The number of nitrogen functional groups attached to an aromatic ring is 1. The quantitative estimate of drug-likeness (QED) is 0.319. The number of aryl methyl sites for hydroxylation is 2. The minimum Gasteiger partial charge on any atom is -0.384 e. The Balaban J connectivity index is 0.00000342. The highest BCUT2D eigenvalue weighted by Gasteiger charge is 2.22. The molecular weight excluding hydrogens is 484 g/mol. The highest BCUT2D eigenvalue weighted by Crippen LogP contribution is 2.30. The van der Waals surface area contributed by atoms with Gasteiger partial charge >= 0.3 is 0 Å². The summed E-state index contributed by atoms with van der Waals surface area (Å²) in [6, 6.07) is 21.0. The normalized spacial score (nSPS) is 13.2. The number of anilines is 2. The molecule has 0 spiro atoms. The van der Waals surface area contributed by atoms with Gasteiger partial charge in [-0.15, -0.1) is 12.4 Å². The zero-order chi connectivity index (χ0) is 24.1. The summed E-state index contributed by atoms with van der Waals surface area (Å²) in [6.45, 7) is 0.643. The molecule has 4 N–H and O–H groups in total. The van der Waals surface area contributed by atoms with Crippen LogP contribution in [0.15, 0.2) is 77.7 Å². The summed E-state index contributed by atoms with van der Waals surface area (Å²) in [7, 11) is -3.68. The predicted molar refractivity (Wildman–Crippen MR) is 142 cm³/mol. The van der Waals surface area contributed by atoms with E-state index in [1.54, 1.807) is 48.5 Å². The number of rotatable bonds is 7. The second-order valence-corrected chi connectivity index (χ2v) is 10.1. The van der Waals surface area contributed by atoms with Crippen molar-refractivity contribution in [2.75, 3.05) is 16.2 Å². The van der Waals surface area contributed by atoms with E-state index in [1.165, 1.54) is 0 Å². The Labute approximate surface area is 212 Å². The molecule has 0 saturated heterocycles. The number of carbonyl (C=O) groups excluding carboxylic acids is 1. The molecule has 0 radical (unpaired) electrons. The van der Waals surface area contributed by atoms with E-state index < -0.39 is 10.0 Å². The van der Waals surface area contributed by atoms with Crippen LogP contribution < -0.4 is 15.4 Å². The molecule has 0 unspecified atom stereocenters. The number of benzene rings is 3. The van der Waals surface area contributed by atoms with Crippen LogP contribution in [0.1, 0.15) is 36.0 Å². The number of nitrogens with zero attached hydrogens (tertiary/aromatic N) is 1. The first kappa shape index (κ1) is 26.2. The van der Waals surface area contributed by atoms with E-state index in [1.807, 2.05) is 29.2 Å². The fourth-order valence-electron chi connectivity index (χ4n) is 4.13. The Morgan fingerprint density at radius 2 is 1.71 bits per heavy atom. The number of halogens is 1. The average Bonchev–Trinajstić information content (AvgIpc) is 3.05. The van der Waals surface area contributed by atoms with E-state index in [0.29, 0.717) is 30.6 Å². The standard InChI is InChI=1S/C26H28N4O3S.ClH/c27-26(28)20-12-9-19(10-13-20)11-16-25(31)30-17-5-4-6-21-18-22(14-15-24(21)30)29-34(32,33)23-7-2-1-3-8-23;/h1-3,7-10,12-15,18,29H,4-6,11,16-17H2,(H3,27,28);1H. The summed E-state index contributed by atoms with van der Waals surface area (Å²) in [5, 5.41) is 7.49. The molecule has 0 bridgehead atoms. The predicted octanol–water partition coefficient (Wildman–Crippen LogP) is 4.50. The van der Waals surface area contributed by atoms with Crippen molar-refractivity contribution in [3.8, 4) is 0 Å². The third-order valence-corrected chi connectivity index (χ3v) is 7.34. The fourth-order valence-corrected chi connectivity index (χ4v) is 5.20. The van der Waals surface area contributed by atoms with Crippen molar-refractivity contribution in [2.24, 2.45) is 5.73 Å². The molecule has 3 aromatic carbocycles. The number of amides is 1. The van der Waals surface area contributed by atoms with Crippen molar-refractivity contribution in [3.63, 3.8) is 0 Å². The Kier molecular flexibility index (Phi) is 8.53. The maximum absolute atomic E-state index is 13.1. The summed E-state index contributed by atoms with van der Waals surface area (Å²) in [5.41, 5.74) is 9.47. The molecule has 0 saturated carbocycles. The largest absolute Gasteiger partial charge is 0.384 e. The maximum Gasteiger partial charge on any atom is 0.261 e. The summed E-state index contributed by atoms with van der Waals surface area (Å²) in [4.78, 5) is 15.1. The van der Waals surface area contributed by atoms with Crippen LogP contribution in [0.2, 0.25) is 0 Å². The summed E-state index contributed by atoms with van der Waals surface area (Å²) in [6.07, 6.45) is 3.56. The Bertz CT molecular complexity index is 1300. The van der Waals surface area contributed by atoms with Crippen molar-refractivity contribution < 1.29 is 13.2 Å². The maximum atomic E-state index is 13.1. The molecule has 0 atom stereocenters. The van der Waals surface area contributed by atoms with Gasteiger partial charge in [-0.3, -0.25) is 14.9 Å². The first-order valence-corrected chi connectivity index (χ1v) is 12.8. The van der Waals surface area contributed by atoms with Crippen molar-refractivity contribution >= 4 is 45.5 Å². The van der Waals surface area contributed by atoms with Gasteiger partial charge in [-0.05, 0) is 67.1 Å². The van der Waals surface area contributed by atoms with Crippen LogP contribution in [0.4, 0.5) is 11.4 Å². The minimum atomic E-state index is -3.68. The topological polar surface area (TPSA) is 116 Å². The van der Waals surface area contributed by atoms with Gasteiger partial charge in [0.1, 0.15) is 5.84 Å². The van der Waals surface area contributed by atoms with Gasteiger partial charge in [0.05, 0.1) is 4.90 Å². The molecule has 184 valence electrons. The van der Waals surface area contributed by atoms with Crippen LogP contribution in [0.3, 0.4) is 0 Å². The van der Waals surface area contributed by atoms with E-state index >= 15 is 0 Å². The molecule has 4 rings (SSSR count). The molecular formula is C26H29ClN4O3S. The lowest BCUT2D eigenvalue weighted by Gasteiger charge is -2.23. The van der Waals surface area contributed by atoms with Crippen LogP contribution in [0.5, 0.6) is 0 Å². The lowest BCUT2D eigenvalue weighted by atomic mass is 10.1. The van der Waals surface area contributed by atoms with Gasteiger partial charge in [-0.25, -0.2) is 8.42 Å². The van der Waals surface area contributed by atoms with Crippen LogP contribution >= 0.6 is 12.4 Å². The molecule has 1 amide bonds. The fraction of sp³-hybridized carbons (Fsp3) is 0.231. The van der Waals surface area contributed by atoms with Crippen LogP contribution in [-0.4, -0.2) is 26.7 Å². The van der Waals surface area contributed by atoms with Crippen molar-refractivity contribution in [1.29, 1.82) is 5.41 Å². The Morgan fingerprint density at radius 3 is 2.40 bits per heavy atom. The summed E-state index contributed by atoms with van der Waals surface area (Å²) < 4.78 is 28.0. The molecule has 1 heterocycles. The number of sulfonamides is 1. The van der Waals surface area contributed by atoms with Gasteiger partial charge in [0.2, 0.25) is 5.91 Å². The van der Waals surface area contributed by atoms with Gasteiger partial charge < -0.3 is 10.6 Å². The van der Waals surface area contributed by atoms with Gasteiger partial charge in [-0.1, -0.05) is 42.5 Å². The van der Waals surface area contributed by atoms with E-state index in [4.69, 9.17) is 11.1 Å². The number of hydrogen-bond acceptors (Lipinski definition) is 4. The van der Waals surface area contributed by atoms with Gasteiger partial charge in [0, 0.05) is 29.9 Å². The van der Waals surface area contributed by atoms with Crippen molar-refractivity contribution in [3.05, 3.63) is 89.5 Å². The highest BCUT2D eigenvalue weighted by molar-refractivity contribution is 7.92. The number of carbonyl (C=O) groups is 1. The Morgan fingerprint density at radius 1 is 1.00 bits per heavy atom. The zero-order valence-corrected chi connectivity index (χ0v) is 20.9. The van der Waals surface area contributed by atoms with Crippen LogP contribution in [-0.2, 0) is 27.7 Å². The Hall–Kier alpha value is -3.36. The third kappa shape index (κ3) is 6.41. The minimum absolute atomic E-state index is 0. The molecule has 9 heteroatoms. The van der Waals surface area contributed by atoms with E-state index in [2.05, 4.69) is 4.72 Å². The smallest absolute Gasteiger partial charge is 0.261 e. The SMILES string of the molecule is Cl.N=C(N)c1ccc(CCC(=O)N2CCCCc3cc(NS(=O)(=O)c4ccccc4)ccc32)cc1. The summed E-state index contributed by atoms with van der Waals surface area (Å²) >= 11 is 0. The number of nitrogens with two attached hydrogens (primary N) is 1. The lowest BCUT2D eigenvalue weighted by molar-refractivity contribution is -0.118.